The summed E-state index contributed by atoms with van der Waals surface area (Å²) in [6, 6.07) is 0. The summed E-state index contributed by atoms with van der Waals surface area (Å²) in [5, 5.41) is 4.18. The summed E-state index contributed by atoms with van der Waals surface area (Å²) >= 11 is 0. The number of carbonyl (C=O) groups is 1. The Morgan fingerprint density at radius 1 is 1.62 bits per heavy atom. The van der Waals surface area contributed by atoms with Crippen LogP contribution in [0.5, 0.6) is 0 Å². The Labute approximate surface area is 95.9 Å². The second-order valence-electron chi connectivity index (χ2n) is 3.68. The molecule has 88 valence electrons. The van der Waals surface area contributed by atoms with Crippen molar-refractivity contribution in [3.63, 3.8) is 0 Å². The zero-order valence-electron chi connectivity index (χ0n) is 9.90. The van der Waals surface area contributed by atoms with Gasteiger partial charge >= 0.3 is 5.97 Å². The molecule has 0 radical (unpaired) electrons. The summed E-state index contributed by atoms with van der Waals surface area (Å²) in [6.07, 6.45) is 4.91. The summed E-state index contributed by atoms with van der Waals surface area (Å²) in [6.45, 7) is 8.77. The Kier molecular flexibility index (Phi) is 4.76. The molecule has 1 heterocycles. The van der Waals surface area contributed by atoms with Crippen LogP contribution in [-0.4, -0.2) is 22.4 Å². The van der Waals surface area contributed by atoms with Gasteiger partial charge in [-0.05, 0) is 25.8 Å². The molecular formula is C12H18N2O2. The van der Waals surface area contributed by atoms with Gasteiger partial charge in [-0.1, -0.05) is 6.58 Å². The van der Waals surface area contributed by atoms with Gasteiger partial charge in [0, 0.05) is 24.7 Å². The van der Waals surface area contributed by atoms with E-state index in [1.165, 1.54) is 0 Å². The SMILES string of the molecule is C=C(C)c1cnn(CCCC(=O)OCC)c1. The number of hydrogen-bond acceptors (Lipinski definition) is 3. The van der Waals surface area contributed by atoms with Crippen LogP contribution in [0, 0.1) is 0 Å². The van der Waals surface area contributed by atoms with Crippen LogP contribution in [0.1, 0.15) is 32.3 Å². The molecular weight excluding hydrogens is 204 g/mol. The van der Waals surface area contributed by atoms with Crippen LogP contribution in [0.25, 0.3) is 5.57 Å². The number of aromatic nitrogens is 2. The van der Waals surface area contributed by atoms with E-state index in [9.17, 15) is 4.79 Å². The van der Waals surface area contributed by atoms with Gasteiger partial charge in [-0.3, -0.25) is 9.48 Å². The number of rotatable bonds is 6. The molecule has 4 nitrogen and oxygen atoms in total. The molecule has 0 aromatic carbocycles. The molecule has 0 unspecified atom stereocenters. The van der Waals surface area contributed by atoms with Crippen LogP contribution in [0.4, 0.5) is 0 Å². The molecule has 0 aliphatic carbocycles. The average Bonchev–Trinajstić information content (AvgIpc) is 2.67. The van der Waals surface area contributed by atoms with Crippen molar-refractivity contribution in [3.05, 3.63) is 24.5 Å². The van der Waals surface area contributed by atoms with Crippen LogP contribution in [0.2, 0.25) is 0 Å². The molecule has 0 saturated carbocycles. The van der Waals surface area contributed by atoms with Crippen molar-refractivity contribution in [2.45, 2.75) is 33.2 Å². The highest BCUT2D eigenvalue weighted by Crippen LogP contribution is 2.09. The van der Waals surface area contributed by atoms with Gasteiger partial charge in [-0.2, -0.15) is 5.10 Å². The van der Waals surface area contributed by atoms with Gasteiger partial charge in [-0.25, -0.2) is 0 Å². The molecule has 1 rings (SSSR count). The van der Waals surface area contributed by atoms with Gasteiger partial charge in [0.15, 0.2) is 0 Å². The smallest absolute Gasteiger partial charge is 0.305 e. The van der Waals surface area contributed by atoms with Crippen LogP contribution in [0.3, 0.4) is 0 Å². The summed E-state index contributed by atoms with van der Waals surface area (Å²) in [7, 11) is 0. The molecule has 0 amide bonds. The summed E-state index contributed by atoms with van der Waals surface area (Å²) in [4.78, 5) is 11.1. The maximum Gasteiger partial charge on any atom is 0.305 e. The average molecular weight is 222 g/mol. The zero-order valence-corrected chi connectivity index (χ0v) is 9.90. The van der Waals surface area contributed by atoms with Crippen LogP contribution in [0.15, 0.2) is 19.0 Å². The van der Waals surface area contributed by atoms with E-state index >= 15 is 0 Å². The quantitative estimate of drug-likeness (QED) is 0.693. The molecule has 1 aromatic rings. The highest BCUT2D eigenvalue weighted by molar-refractivity contribution is 5.69. The van der Waals surface area contributed by atoms with E-state index in [0.717, 1.165) is 24.1 Å². The van der Waals surface area contributed by atoms with Crippen LogP contribution < -0.4 is 0 Å². The van der Waals surface area contributed by atoms with Gasteiger partial charge in [-0.15, -0.1) is 0 Å². The zero-order chi connectivity index (χ0) is 12.0. The first-order valence-corrected chi connectivity index (χ1v) is 5.47. The largest absolute Gasteiger partial charge is 0.466 e. The Balaban J connectivity index is 2.32. The van der Waals surface area contributed by atoms with Crippen molar-refractivity contribution < 1.29 is 9.53 Å². The third-order valence-electron chi connectivity index (χ3n) is 2.20. The molecule has 0 atom stereocenters. The first-order chi connectivity index (χ1) is 7.63. The molecule has 1 aromatic heterocycles. The molecule has 0 aliphatic rings. The maximum atomic E-state index is 11.1. The monoisotopic (exact) mass is 222 g/mol. The third kappa shape index (κ3) is 3.88. The molecule has 0 spiro atoms. The Morgan fingerprint density at radius 3 is 2.94 bits per heavy atom. The van der Waals surface area contributed by atoms with Gasteiger partial charge in [0.2, 0.25) is 0 Å². The number of carbonyl (C=O) groups excluding carboxylic acids is 1. The van der Waals surface area contributed by atoms with E-state index in [0.29, 0.717) is 13.0 Å². The molecule has 16 heavy (non-hydrogen) atoms. The summed E-state index contributed by atoms with van der Waals surface area (Å²) in [5.41, 5.74) is 2.03. The fourth-order valence-corrected chi connectivity index (χ4v) is 1.32. The lowest BCUT2D eigenvalue weighted by atomic mass is 10.2. The number of ether oxygens (including phenoxy) is 1. The van der Waals surface area contributed by atoms with E-state index in [2.05, 4.69) is 11.7 Å². The fraction of sp³-hybridized carbons (Fsp3) is 0.500. The van der Waals surface area contributed by atoms with E-state index in [1.54, 1.807) is 6.20 Å². The van der Waals surface area contributed by atoms with Crippen molar-refractivity contribution >= 4 is 11.5 Å². The minimum absolute atomic E-state index is 0.144. The maximum absolute atomic E-state index is 11.1. The number of esters is 1. The van der Waals surface area contributed by atoms with E-state index in [1.807, 2.05) is 24.7 Å². The summed E-state index contributed by atoms with van der Waals surface area (Å²) < 4.78 is 6.66. The minimum Gasteiger partial charge on any atom is -0.466 e. The molecule has 0 aliphatic heterocycles. The van der Waals surface area contributed by atoms with Crippen molar-refractivity contribution in [1.29, 1.82) is 0 Å². The van der Waals surface area contributed by atoms with Gasteiger partial charge < -0.3 is 4.74 Å². The topological polar surface area (TPSA) is 44.1 Å². The predicted molar refractivity (Wildman–Crippen MR) is 62.8 cm³/mol. The molecule has 0 fully saturated rings. The number of nitrogens with zero attached hydrogens (tertiary/aromatic N) is 2. The lowest BCUT2D eigenvalue weighted by Crippen LogP contribution is -2.06. The summed E-state index contributed by atoms with van der Waals surface area (Å²) in [5.74, 6) is -0.144. The van der Waals surface area contributed by atoms with E-state index in [4.69, 9.17) is 4.74 Å². The second-order valence-corrected chi connectivity index (χ2v) is 3.68. The normalized spacial score (nSPS) is 10.1. The lowest BCUT2D eigenvalue weighted by molar-refractivity contribution is -0.143. The fourth-order valence-electron chi connectivity index (χ4n) is 1.32. The molecule has 0 N–H and O–H groups in total. The number of allylic oxidation sites excluding steroid dienone is 1. The molecule has 4 heteroatoms. The van der Waals surface area contributed by atoms with E-state index < -0.39 is 0 Å². The van der Waals surface area contributed by atoms with E-state index in [-0.39, 0.29) is 5.97 Å². The molecule has 0 bridgehead atoms. The highest BCUT2D eigenvalue weighted by Gasteiger charge is 2.03. The van der Waals surface area contributed by atoms with Gasteiger partial charge in [0.05, 0.1) is 12.8 Å². The number of aryl methyl sites for hydroxylation is 1. The number of hydrogen-bond donors (Lipinski definition) is 0. The molecule has 0 saturated heterocycles. The highest BCUT2D eigenvalue weighted by atomic mass is 16.5. The van der Waals surface area contributed by atoms with Crippen molar-refractivity contribution in [2.24, 2.45) is 0 Å². The standard InChI is InChI=1S/C12H18N2O2/c1-4-16-12(15)6-5-7-14-9-11(8-13-14)10(2)3/h8-9H,2,4-7H2,1,3H3. The second kappa shape index (κ2) is 6.10. The Bertz CT molecular complexity index is 369. The predicted octanol–water partition coefficient (Wildman–Crippen LogP) is 2.26. The van der Waals surface area contributed by atoms with Crippen molar-refractivity contribution in [1.82, 2.24) is 9.78 Å². The van der Waals surface area contributed by atoms with Crippen molar-refractivity contribution in [2.75, 3.05) is 6.61 Å². The van der Waals surface area contributed by atoms with Gasteiger partial charge in [0.25, 0.3) is 0 Å². The first-order valence-electron chi connectivity index (χ1n) is 5.47. The minimum atomic E-state index is -0.144. The van der Waals surface area contributed by atoms with Crippen molar-refractivity contribution in [3.8, 4) is 0 Å². The Morgan fingerprint density at radius 2 is 2.38 bits per heavy atom. The third-order valence-corrected chi connectivity index (χ3v) is 2.20. The first kappa shape index (κ1) is 12.5. The van der Waals surface area contributed by atoms with Crippen LogP contribution >= 0.6 is 0 Å². The Hall–Kier alpha value is -1.58. The van der Waals surface area contributed by atoms with Crippen LogP contribution in [-0.2, 0) is 16.1 Å². The van der Waals surface area contributed by atoms with Gasteiger partial charge in [0.1, 0.15) is 0 Å². The lowest BCUT2D eigenvalue weighted by Gasteiger charge is -2.02.